The van der Waals surface area contributed by atoms with Crippen LogP contribution in [0.25, 0.3) is 0 Å². The quantitative estimate of drug-likeness (QED) is 0.830. The monoisotopic (exact) mass is 268 g/mol. The Morgan fingerprint density at radius 3 is 2.21 bits per heavy atom. The molecule has 3 nitrogen and oxygen atoms in total. The van der Waals surface area contributed by atoms with E-state index in [0.717, 1.165) is 0 Å². The van der Waals surface area contributed by atoms with Crippen LogP contribution in [0, 0.1) is 0 Å². The lowest BCUT2D eigenvalue weighted by molar-refractivity contribution is -0.274. The average molecular weight is 268 g/mol. The minimum atomic E-state index is -4.70. The van der Waals surface area contributed by atoms with E-state index in [9.17, 15) is 13.2 Å². The van der Waals surface area contributed by atoms with E-state index in [2.05, 4.69) is 10.1 Å². The summed E-state index contributed by atoms with van der Waals surface area (Å²) in [5.74, 6) is -0.276. The fourth-order valence-corrected chi connectivity index (χ4v) is 1.55. The first-order valence-corrected chi connectivity index (χ1v) is 5.41. The standard InChI is InChI=1S/C13H11F3N2O/c14-13(15,16)19-12-6-2-5-11(8-12)18-10-4-1-3-9(17)7-10/h1-8,18H,17H2. The fraction of sp³-hybridized carbons (Fsp3) is 0.0769. The van der Waals surface area contributed by atoms with Crippen LogP contribution in [-0.2, 0) is 0 Å². The van der Waals surface area contributed by atoms with E-state index in [1.54, 1.807) is 30.3 Å². The fourth-order valence-electron chi connectivity index (χ4n) is 1.55. The van der Waals surface area contributed by atoms with Crippen LogP contribution in [0.1, 0.15) is 0 Å². The highest BCUT2D eigenvalue weighted by Gasteiger charge is 2.31. The first-order valence-electron chi connectivity index (χ1n) is 5.41. The van der Waals surface area contributed by atoms with Gasteiger partial charge in [0, 0.05) is 23.1 Å². The zero-order chi connectivity index (χ0) is 13.9. The molecule has 3 N–H and O–H groups in total. The van der Waals surface area contributed by atoms with Gasteiger partial charge >= 0.3 is 6.36 Å². The molecule has 0 aliphatic rings. The highest BCUT2D eigenvalue weighted by molar-refractivity contribution is 5.64. The van der Waals surface area contributed by atoms with E-state index in [4.69, 9.17) is 5.73 Å². The molecule has 2 rings (SSSR count). The largest absolute Gasteiger partial charge is 0.573 e. The number of nitrogen functional groups attached to an aromatic ring is 1. The van der Waals surface area contributed by atoms with Gasteiger partial charge in [0.15, 0.2) is 0 Å². The molecule has 19 heavy (non-hydrogen) atoms. The maximum atomic E-state index is 12.1. The molecule has 0 heterocycles. The Kier molecular flexibility index (Phi) is 3.50. The number of halogens is 3. The Labute approximate surface area is 107 Å². The van der Waals surface area contributed by atoms with Gasteiger partial charge in [-0.2, -0.15) is 0 Å². The van der Waals surface area contributed by atoms with Crippen LogP contribution in [0.5, 0.6) is 5.75 Å². The molecule has 0 bridgehead atoms. The summed E-state index contributed by atoms with van der Waals surface area (Å²) < 4.78 is 40.1. The zero-order valence-electron chi connectivity index (χ0n) is 9.74. The van der Waals surface area contributed by atoms with Crippen molar-refractivity contribution in [3.05, 3.63) is 48.5 Å². The third kappa shape index (κ3) is 4.09. The molecule has 2 aromatic rings. The van der Waals surface area contributed by atoms with Crippen LogP contribution in [0.4, 0.5) is 30.2 Å². The molecule has 0 radical (unpaired) electrons. The number of nitrogens with two attached hydrogens (primary N) is 1. The molecule has 6 heteroatoms. The molecule has 0 saturated heterocycles. The van der Waals surface area contributed by atoms with Gasteiger partial charge in [-0.05, 0) is 30.3 Å². The Morgan fingerprint density at radius 1 is 0.947 bits per heavy atom. The van der Waals surface area contributed by atoms with Crippen LogP contribution >= 0.6 is 0 Å². The molecule has 0 amide bonds. The van der Waals surface area contributed by atoms with Gasteiger partial charge in [-0.25, -0.2) is 0 Å². The number of benzene rings is 2. The van der Waals surface area contributed by atoms with Gasteiger partial charge < -0.3 is 15.8 Å². The van der Waals surface area contributed by atoms with Crippen molar-refractivity contribution >= 4 is 17.1 Å². The van der Waals surface area contributed by atoms with Gasteiger partial charge in [0.25, 0.3) is 0 Å². The number of nitrogens with one attached hydrogen (secondary N) is 1. The molecule has 100 valence electrons. The third-order valence-corrected chi connectivity index (χ3v) is 2.24. The SMILES string of the molecule is Nc1cccc(Nc2cccc(OC(F)(F)F)c2)c1. The second-order valence-corrected chi connectivity index (χ2v) is 3.83. The first kappa shape index (κ1) is 13.1. The summed E-state index contributed by atoms with van der Waals surface area (Å²) in [4.78, 5) is 0. The van der Waals surface area contributed by atoms with Gasteiger partial charge in [-0.1, -0.05) is 12.1 Å². The number of alkyl halides is 3. The number of anilines is 3. The van der Waals surface area contributed by atoms with Crippen molar-refractivity contribution < 1.29 is 17.9 Å². The van der Waals surface area contributed by atoms with Crippen molar-refractivity contribution in [2.45, 2.75) is 6.36 Å². The molecule has 0 atom stereocenters. The lowest BCUT2D eigenvalue weighted by atomic mass is 10.2. The third-order valence-electron chi connectivity index (χ3n) is 2.24. The van der Waals surface area contributed by atoms with E-state index in [1.165, 1.54) is 18.2 Å². The lowest BCUT2D eigenvalue weighted by Crippen LogP contribution is -2.17. The summed E-state index contributed by atoms with van der Waals surface area (Å²) in [5.41, 5.74) is 7.34. The highest BCUT2D eigenvalue weighted by Crippen LogP contribution is 2.26. The van der Waals surface area contributed by atoms with E-state index >= 15 is 0 Å². The Balaban J connectivity index is 2.15. The van der Waals surface area contributed by atoms with E-state index in [0.29, 0.717) is 17.1 Å². The van der Waals surface area contributed by atoms with Crippen LogP contribution in [0.2, 0.25) is 0 Å². The van der Waals surface area contributed by atoms with Crippen LogP contribution in [0.15, 0.2) is 48.5 Å². The van der Waals surface area contributed by atoms with Crippen molar-refractivity contribution in [3.63, 3.8) is 0 Å². The molecule has 0 unspecified atom stereocenters. The summed E-state index contributed by atoms with van der Waals surface area (Å²) in [6.07, 6.45) is -4.70. The van der Waals surface area contributed by atoms with Gasteiger partial charge in [-0.15, -0.1) is 13.2 Å². The summed E-state index contributed by atoms with van der Waals surface area (Å²) in [6, 6.07) is 12.5. The molecule has 0 spiro atoms. The summed E-state index contributed by atoms with van der Waals surface area (Å²) in [6.45, 7) is 0. The van der Waals surface area contributed by atoms with Crippen molar-refractivity contribution in [2.75, 3.05) is 11.1 Å². The van der Waals surface area contributed by atoms with Crippen molar-refractivity contribution in [1.82, 2.24) is 0 Å². The maximum absolute atomic E-state index is 12.1. The smallest absolute Gasteiger partial charge is 0.406 e. The van der Waals surface area contributed by atoms with Crippen LogP contribution < -0.4 is 15.8 Å². The van der Waals surface area contributed by atoms with Crippen molar-refractivity contribution in [1.29, 1.82) is 0 Å². The van der Waals surface area contributed by atoms with Gasteiger partial charge in [0.05, 0.1) is 0 Å². The normalized spacial score (nSPS) is 11.1. The minimum absolute atomic E-state index is 0.276. The molecule has 0 aromatic heterocycles. The second kappa shape index (κ2) is 5.09. The van der Waals surface area contributed by atoms with E-state index < -0.39 is 6.36 Å². The molecular weight excluding hydrogens is 257 g/mol. The van der Waals surface area contributed by atoms with Gasteiger partial charge in [-0.3, -0.25) is 0 Å². The Bertz CT molecular complexity index is 570. The molecule has 0 aliphatic carbocycles. The van der Waals surface area contributed by atoms with Crippen molar-refractivity contribution in [3.8, 4) is 5.75 Å². The minimum Gasteiger partial charge on any atom is -0.406 e. The maximum Gasteiger partial charge on any atom is 0.573 e. The molecule has 0 saturated carbocycles. The predicted molar refractivity (Wildman–Crippen MR) is 67.3 cm³/mol. The molecule has 0 aliphatic heterocycles. The molecule has 0 fully saturated rings. The average Bonchev–Trinajstić information content (AvgIpc) is 2.27. The molecular formula is C13H11F3N2O. The molecule has 2 aromatic carbocycles. The number of rotatable bonds is 3. The van der Waals surface area contributed by atoms with Gasteiger partial charge in [0.2, 0.25) is 0 Å². The zero-order valence-corrected chi connectivity index (χ0v) is 9.74. The summed E-state index contributed by atoms with van der Waals surface area (Å²) in [7, 11) is 0. The van der Waals surface area contributed by atoms with Crippen LogP contribution in [-0.4, -0.2) is 6.36 Å². The van der Waals surface area contributed by atoms with Crippen LogP contribution in [0.3, 0.4) is 0 Å². The predicted octanol–water partition coefficient (Wildman–Crippen LogP) is 3.91. The Hall–Kier alpha value is -2.37. The highest BCUT2D eigenvalue weighted by atomic mass is 19.4. The van der Waals surface area contributed by atoms with Gasteiger partial charge in [0.1, 0.15) is 5.75 Å². The number of hydrogen-bond acceptors (Lipinski definition) is 3. The summed E-state index contributed by atoms with van der Waals surface area (Å²) in [5, 5.41) is 2.94. The topological polar surface area (TPSA) is 47.3 Å². The van der Waals surface area contributed by atoms with E-state index in [1.807, 2.05) is 0 Å². The number of hydrogen-bond donors (Lipinski definition) is 2. The van der Waals surface area contributed by atoms with Crippen molar-refractivity contribution in [2.24, 2.45) is 0 Å². The lowest BCUT2D eigenvalue weighted by Gasteiger charge is -2.11. The first-order chi connectivity index (χ1) is 8.92. The van der Waals surface area contributed by atoms with E-state index in [-0.39, 0.29) is 5.75 Å². The number of ether oxygens (including phenoxy) is 1. The second-order valence-electron chi connectivity index (χ2n) is 3.83. The summed E-state index contributed by atoms with van der Waals surface area (Å²) >= 11 is 0. The Morgan fingerprint density at radius 2 is 1.58 bits per heavy atom.